The summed E-state index contributed by atoms with van der Waals surface area (Å²) < 4.78 is 7.10. The van der Waals surface area contributed by atoms with Gasteiger partial charge in [0.25, 0.3) is 0 Å². The van der Waals surface area contributed by atoms with Crippen molar-refractivity contribution < 1.29 is 4.74 Å². The number of nitrogen functional groups attached to an aromatic ring is 2. The Morgan fingerprint density at radius 1 is 1.07 bits per heavy atom. The topological polar surface area (TPSA) is 95.2 Å². The van der Waals surface area contributed by atoms with E-state index in [1.54, 1.807) is 12.1 Å². The van der Waals surface area contributed by atoms with E-state index < -0.39 is 0 Å². The summed E-state index contributed by atoms with van der Waals surface area (Å²) in [4.78, 5) is 5.94. The van der Waals surface area contributed by atoms with Gasteiger partial charge in [-0.25, -0.2) is 0 Å². The van der Waals surface area contributed by atoms with Crippen LogP contribution in [0.1, 0.15) is 0 Å². The van der Waals surface area contributed by atoms with Crippen molar-refractivity contribution in [3.05, 3.63) is 46.4 Å². The summed E-state index contributed by atoms with van der Waals surface area (Å²) in [7, 11) is 4.00. The predicted octanol–water partition coefficient (Wildman–Crippen LogP) is 3.35. The minimum Gasteiger partial charge on any atom is -0.492 e. The Kier molecular flexibility index (Phi) is 5.74. The molecule has 3 aromatic rings. The van der Waals surface area contributed by atoms with Crippen molar-refractivity contribution in [2.24, 2.45) is 0 Å². The molecule has 0 saturated carbocycles. The number of nitrogens with zero attached hydrogens (tertiary/aromatic N) is 4. The van der Waals surface area contributed by atoms with Crippen LogP contribution in [0.4, 0.5) is 11.9 Å². The zero-order valence-electron chi connectivity index (χ0n) is 15.0. The minimum atomic E-state index is 0.0775. The molecule has 0 bridgehead atoms. The lowest BCUT2D eigenvalue weighted by Crippen LogP contribution is -2.19. The highest BCUT2D eigenvalue weighted by Crippen LogP contribution is 2.37. The number of benzene rings is 2. The second-order valence-electron chi connectivity index (χ2n) is 6.20. The second kappa shape index (κ2) is 8.04. The minimum absolute atomic E-state index is 0.0775. The van der Waals surface area contributed by atoms with Gasteiger partial charge < -0.3 is 21.1 Å². The van der Waals surface area contributed by atoms with Gasteiger partial charge in [0.05, 0.1) is 15.7 Å². The molecular weight excluding hydrogens is 387 g/mol. The van der Waals surface area contributed by atoms with Crippen LogP contribution in [-0.4, -0.2) is 46.9 Å². The van der Waals surface area contributed by atoms with E-state index in [0.717, 1.165) is 17.9 Å². The van der Waals surface area contributed by atoms with Gasteiger partial charge in [-0.15, -0.1) is 5.10 Å². The Morgan fingerprint density at radius 3 is 2.22 bits per heavy atom. The van der Waals surface area contributed by atoms with E-state index in [4.69, 9.17) is 39.4 Å². The molecule has 0 spiro atoms. The standard InChI is InChI=1S/C18H20Cl2N6O/c1-25(2)7-8-27-13-5-3-11(4-6-13)16-14(19)9-12(10-15(16)20)26-18(22)23-17(21)24-26/h3-6,9-10H,7-8H2,1-2H3,(H4,21,22,23,24). The average Bonchev–Trinajstić information content (AvgIpc) is 2.93. The summed E-state index contributed by atoms with van der Waals surface area (Å²) in [6.45, 7) is 1.46. The molecule has 0 unspecified atom stereocenters. The van der Waals surface area contributed by atoms with Crippen LogP contribution in [0.3, 0.4) is 0 Å². The van der Waals surface area contributed by atoms with Crippen LogP contribution >= 0.6 is 23.2 Å². The molecule has 2 aromatic carbocycles. The monoisotopic (exact) mass is 406 g/mol. The van der Waals surface area contributed by atoms with Crippen molar-refractivity contribution in [1.82, 2.24) is 19.7 Å². The molecule has 0 atom stereocenters. The molecule has 0 amide bonds. The molecule has 7 nitrogen and oxygen atoms in total. The number of hydrogen-bond donors (Lipinski definition) is 2. The third-order valence-electron chi connectivity index (χ3n) is 3.87. The first kappa shape index (κ1) is 19.3. The van der Waals surface area contributed by atoms with E-state index in [2.05, 4.69) is 15.0 Å². The summed E-state index contributed by atoms with van der Waals surface area (Å²) in [5, 5.41) is 4.97. The molecule has 9 heteroatoms. The number of halogens is 2. The molecule has 4 N–H and O–H groups in total. The highest BCUT2D eigenvalue weighted by molar-refractivity contribution is 6.39. The van der Waals surface area contributed by atoms with Crippen molar-refractivity contribution >= 4 is 35.1 Å². The van der Waals surface area contributed by atoms with Gasteiger partial charge in [-0.3, -0.25) is 0 Å². The number of ether oxygens (including phenoxy) is 1. The molecule has 0 aliphatic heterocycles. The number of anilines is 2. The van der Waals surface area contributed by atoms with Gasteiger partial charge in [-0.05, 0) is 43.9 Å². The Hall–Kier alpha value is -2.48. The number of hydrogen-bond acceptors (Lipinski definition) is 6. The third-order valence-corrected chi connectivity index (χ3v) is 4.47. The van der Waals surface area contributed by atoms with Gasteiger partial charge in [0.1, 0.15) is 12.4 Å². The molecule has 27 heavy (non-hydrogen) atoms. The zero-order chi connectivity index (χ0) is 19.6. The molecule has 0 radical (unpaired) electrons. The average molecular weight is 407 g/mol. The quantitative estimate of drug-likeness (QED) is 0.651. The lowest BCUT2D eigenvalue weighted by atomic mass is 10.0. The van der Waals surface area contributed by atoms with Gasteiger partial charge in [0, 0.05) is 12.1 Å². The Balaban J connectivity index is 1.86. The first-order valence-corrected chi connectivity index (χ1v) is 8.96. The molecule has 1 heterocycles. The van der Waals surface area contributed by atoms with Crippen molar-refractivity contribution in [2.75, 3.05) is 38.7 Å². The maximum atomic E-state index is 6.48. The van der Waals surface area contributed by atoms with E-state index in [-0.39, 0.29) is 11.9 Å². The fourth-order valence-corrected chi connectivity index (χ4v) is 3.25. The number of rotatable bonds is 6. The van der Waals surface area contributed by atoms with Crippen LogP contribution in [0.2, 0.25) is 10.0 Å². The molecule has 0 saturated heterocycles. The van der Waals surface area contributed by atoms with Crippen LogP contribution in [0.25, 0.3) is 16.8 Å². The van der Waals surface area contributed by atoms with E-state index in [0.29, 0.717) is 27.9 Å². The predicted molar refractivity (Wildman–Crippen MR) is 110 cm³/mol. The van der Waals surface area contributed by atoms with Crippen molar-refractivity contribution in [3.63, 3.8) is 0 Å². The Labute approximate surface area is 167 Å². The molecule has 0 fully saturated rings. The van der Waals surface area contributed by atoms with Gasteiger partial charge >= 0.3 is 0 Å². The van der Waals surface area contributed by atoms with Crippen molar-refractivity contribution in [2.45, 2.75) is 0 Å². The van der Waals surface area contributed by atoms with Crippen LogP contribution < -0.4 is 16.2 Å². The van der Waals surface area contributed by atoms with Gasteiger partial charge in [0.15, 0.2) is 0 Å². The maximum absolute atomic E-state index is 6.48. The maximum Gasteiger partial charge on any atom is 0.241 e. The highest BCUT2D eigenvalue weighted by atomic mass is 35.5. The lowest BCUT2D eigenvalue weighted by Gasteiger charge is -2.13. The van der Waals surface area contributed by atoms with Crippen LogP contribution in [0, 0.1) is 0 Å². The van der Waals surface area contributed by atoms with Crippen LogP contribution in [0.5, 0.6) is 5.75 Å². The highest BCUT2D eigenvalue weighted by Gasteiger charge is 2.14. The number of nitrogens with two attached hydrogens (primary N) is 2. The second-order valence-corrected chi connectivity index (χ2v) is 7.01. The molecular formula is C18H20Cl2N6O. The van der Waals surface area contributed by atoms with Gasteiger partial charge in [-0.2, -0.15) is 9.67 Å². The molecule has 1 aromatic heterocycles. The summed E-state index contributed by atoms with van der Waals surface area (Å²) in [6, 6.07) is 11.0. The summed E-state index contributed by atoms with van der Waals surface area (Å²) in [5.74, 6) is 1.02. The smallest absolute Gasteiger partial charge is 0.241 e. The molecule has 0 aliphatic rings. The van der Waals surface area contributed by atoms with Crippen molar-refractivity contribution in [3.8, 4) is 22.6 Å². The fourth-order valence-electron chi connectivity index (χ4n) is 2.55. The summed E-state index contributed by atoms with van der Waals surface area (Å²) in [5.41, 5.74) is 13.6. The molecule has 3 rings (SSSR count). The Bertz CT molecular complexity index is 917. The lowest BCUT2D eigenvalue weighted by molar-refractivity contribution is 0.261. The van der Waals surface area contributed by atoms with Crippen molar-refractivity contribution in [1.29, 1.82) is 0 Å². The first-order chi connectivity index (χ1) is 12.8. The van der Waals surface area contributed by atoms with Gasteiger partial charge in [0.2, 0.25) is 11.9 Å². The first-order valence-electron chi connectivity index (χ1n) is 8.20. The van der Waals surface area contributed by atoms with E-state index in [1.807, 2.05) is 38.4 Å². The van der Waals surface area contributed by atoms with E-state index >= 15 is 0 Å². The SMILES string of the molecule is CN(C)CCOc1ccc(-c2c(Cl)cc(-n3nc(N)nc3N)cc2Cl)cc1. The van der Waals surface area contributed by atoms with E-state index in [9.17, 15) is 0 Å². The zero-order valence-corrected chi connectivity index (χ0v) is 16.5. The summed E-state index contributed by atoms with van der Waals surface area (Å²) in [6.07, 6.45) is 0. The largest absolute Gasteiger partial charge is 0.492 e. The van der Waals surface area contributed by atoms with E-state index in [1.165, 1.54) is 4.68 Å². The number of aromatic nitrogens is 3. The molecule has 142 valence electrons. The molecule has 0 aliphatic carbocycles. The van der Waals surface area contributed by atoms with Gasteiger partial charge in [-0.1, -0.05) is 35.3 Å². The Morgan fingerprint density at radius 2 is 1.70 bits per heavy atom. The number of likely N-dealkylation sites (N-methyl/N-ethyl adjacent to an activating group) is 1. The van der Waals surface area contributed by atoms with Crippen LogP contribution in [0.15, 0.2) is 36.4 Å². The summed E-state index contributed by atoms with van der Waals surface area (Å²) >= 11 is 13.0. The van der Waals surface area contributed by atoms with Crippen LogP contribution in [-0.2, 0) is 0 Å². The fraction of sp³-hybridized carbons (Fsp3) is 0.222. The normalized spacial score (nSPS) is 11.1. The third kappa shape index (κ3) is 4.44.